The second kappa shape index (κ2) is 16.1. The highest BCUT2D eigenvalue weighted by Crippen LogP contribution is 1.90. The molecule has 0 spiro atoms. The zero-order chi connectivity index (χ0) is 13.6. The maximum Gasteiger partial charge on any atom is 0.362 e. The third-order valence-electron chi connectivity index (χ3n) is 1.38. The highest BCUT2D eigenvalue weighted by molar-refractivity contribution is 5.72. The number of hydrogen-bond acceptors (Lipinski definition) is 3. The van der Waals surface area contributed by atoms with Crippen molar-refractivity contribution in [2.24, 2.45) is 5.73 Å². The predicted octanol–water partition coefficient (Wildman–Crippen LogP) is -1.24. The largest absolute Gasteiger partial charge is 0.477 e. The van der Waals surface area contributed by atoms with Gasteiger partial charge in [0.1, 0.15) is 0 Å². The summed E-state index contributed by atoms with van der Waals surface area (Å²) >= 11 is 0. The van der Waals surface area contributed by atoms with Gasteiger partial charge < -0.3 is 27.0 Å². The Morgan fingerprint density at radius 3 is 2.12 bits per heavy atom. The number of quaternary nitrogens is 1. The molecular formula is C9H24N3O4+. The first-order valence-electron chi connectivity index (χ1n) is 5.08. The molecule has 0 heterocycles. The van der Waals surface area contributed by atoms with E-state index in [0.717, 1.165) is 7.11 Å². The van der Waals surface area contributed by atoms with Gasteiger partial charge in [-0.2, -0.15) is 0 Å². The predicted molar refractivity (Wildman–Crippen MR) is 60.6 cm³/mol. The highest BCUT2D eigenvalue weighted by Gasteiger charge is 2.13. The average molecular weight is 238 g/mol. The number of carboxylic acid groups (broad SMARTS) is 1. The van der Waals surface area contributed by atoms with Crippen LogP contribution in [0.1, 0.15) is 26.7 Å². The van der Waals surface area contributed by atoms with E-state index in [-0.39, 0.29) is 0 Å². The number of amides is 2. The van der Waals surface area contributed by atoms with Crippen LogP contribution >= 0.6 is 0 Å². The van der Waals surface area contributed by atoms with Crippen LogP contribution in [0.25, 0.3) is 0 Å². The topological polar surface area (TPSA) is 140 Å². The molecule has 0 bridgehead atoms. The zero-order valence-electron chi connectivity index (χ0n) is 10.2. The van der Waals surface area contributed by atoms with E-state index in [1.165, 1.54) is 0 Å². The smallest absolute Gasteiger partial charge is 0.362 e. The number of nitrogens with two attached hydrogens (primary N) is 1. The van der Waals surface area contributed by atoms with Crippen molar-refractivity contribution in [1.29, 1.82) is 0 Å². The van der Waals surface area contributed by atoms with Gasteiger partial charge >= 0.3 is 12.0 Å². The van der Waals surface area contributed by atoms with Gasteiger partial charge in [0.2, 0.25) is 0 Å². The first-order valence-corrected chi connectivity index (χ1v) is 5.08. The van der Waals surface area contributed by atoms with Crippen LogP contribution in [0.5, 0.6) is 0 Å². The molecule has 1 atom stereocenters. The van der Waals surface area contributed by atoms with Gasteiger partial charge in [-0.15, -0.1) is 0 Å². The Bertz CT molecular complexity index is 176. The molecule has 0 aliphatic carbocycles. The standard InChI is InChI=1S/C6H13N3O3.C2H6.CH4O/c7-4(5(10)11)2-1-3-9-6(8)12;2*1-2/h4H,1-3,7H2,(H,10,11)(H3,8,9,12);1-2H3;2H,1H3/p+1. The van der Waals surface area contributed by atoms with Crippen LogP contribution in [0, 0.1) is 0 Å². The van der Waals surface area contributed by atoms with E-state index < -0.39 is 18.0 Å². The van der Waals surface area contributed by atoms with Gasteiger partial charge in [0.05, 0.1) is 0 Å². The monoisotopic (exact) mass is 238 g/mol. The Hall–Kier alpha value is -1.34. The number of primary amides is 1. The molecular weight excluding hydrogens is 214 g/mol. The summed E-state index contributed by atoms with van der Waals surface area (Å²) in [6.45, 7) is 4.40. The minimum Gasteiger partial charge on any atom is -0.477 e. The van der Waals surface area contributed by atoms with Gasteiger partial charge in [0, 0.05) is 20.1 Å². The number of aliphatic hydroxyl groups is 1. The molecule has 0 radical (unpaired) electrons. The number of aliphatic hydroxyl groups excluding tert-OH is 1. The second-order valence-corrected chi connectivity index (χ2v) is 2.47. The SMILES string of the molecule is CC.CO.NC(=O)NCCCC([NH3+])C(=O)O. The van der Waals surface area contributed by atoms with Crippen molar-refractivity contribution in [3.8, 4) is 0 Å². The van der Waals surface area contributed by atoms with Crippen molar-refractivity contribution in [3.63, 3.8) is 0 Å². The number of aliphatic carboxylic acids is 1. The quantitative estimate of drug-likeness (QED) is 0.382. The summed E-state index contributed by atoms with van der Waals surface area (Å²) in [5.41, 5.74) is 8.20. The Kier molecular flexibility index (Phi) is 20.3. The summed E-state index contributed by atoms with van der Waals surface area (Å²) in [4.78, 5) is 20.4. The summed E-state index contributed by atoms with van der Waals surface area (Å²) in [6, 6.07) is -1.20. The summed E-state index contributed by atoms with van der Waals surface area (Å²) in [5, 5.41) is 17.8. The maximum atomic E-state index is 10.3. The minimum absolute atomic E-state index is 0.397. The molecule has 0 aromatic rings. The molecule has 0 aliphatic heterocycles. The van der Waals surface area contributed by atoms with Gasteiger partial charge in [-0.1, -0.05) is 13.8 Å². The summed E-state index contributed by atoms with van der Waals surface area (Å²) in [7, 11) is 1.00. The third kappa shape index (κ3) is 18.4. The van der Waals surface area contributed by atoms with Crippen LogP contribution in [0.15, 0.2) is 0 Å². The molecule has 16 heavy (non-hydrogen) atoms. The van der Waals surface area contributed by atoms with Crippen molar-refractivity contribution < 1.29 is 25.5 Å². The molecule has 8 N–H and O–H groups in total. The fourth-order valence-electron chi connectivity index (χ4n) is 0.684. The van der Waals surface area contributed by atoms with Crippen LogP contribution in [0.2, 0.25) is 0 Å². The van der Waals surface area contributed by atoms with Crippen LogP contribution < -0.4 is 16.8 Å². The Morgan fingerprint density at radius 1 is 1.38 bits per heavy atom. The van der Waals surface area contributed by atoms with E-state index >= 15 is 0 Å². The minimum atomic E-state index is -0.922. The van der Waals surface area contributed by atoms with Crippen LogP contribution in [0.4, 0.5) is 4.79 Å². The molecule has 0 aliphatic rings. The summed E-state index contributed by atoms with van der Waals surface area (Å²) in [5.74, 6) is -0.922. The van der Waals surface area contributed by atoms with Crippen molar-refractivity contribution in [3.05, 3.63) is 0 Å². The van der Waals surface area contributed by atoms with Gasteiger partial charge in [-0.25, -0.2) is 9.59 Å². The summed E-state index contributed by atoms with van der Waals surface area (Å²) < 4.78 is 0. The van der Waals surface area contributed by atoms with E-state index in [2.05, 4.69) is 11.1 Å². The first-order chi connectivity index (χ1) is 7.54. The number of carbonyl (C=O) groups excluding carboxylic acids is 1. The van der Waals surface area contributed by atoms with Crippen molar-refractivity contribution in [1.82, 2.24) is 5.32 Å². The normalized spacial score (nSPS) is 9.81. The van der Waals surface area contributed by atoms with Crippen molar-refractivity contribution in [2.45, 2.75) is 32.7 Å². The molecule has 7 nitrogen and oxygen atoms in total. The molecule has 0 aromatic heterocycles. The van der Waals surface area contributed by atoms with E-state index in [9.17, 15) is 9.59 Å². The average Bonchev–Trinajstić information content (AvgIpc) is 2.29. The number of urea groups is 1. The number of hydrogen-bond donors (Lipinski definition) is 5. The molecule has 98 valence electrons. The first kappa shape index (κ1) is 20.1. The number of nitrogens with one attached hydrogen (secondary N) is 1. The molecule has 0 fully saturated rings. The van der Waals surface area contributed by atoms with Crippen LogP contribution in [0.3, 0.4) is 0 Å². The lowest BCUT2D eigenvalue weighted by Gasteiger charge is -2.02. The lowest BCUT2D eigenvalue weighted by atomic mass is 10.2. The second-order valence-electron chi connectivity index (χ2n) is 2.47. The zero-order valence-corrected chi connectivity index (χ0v) is 10.2. The molecule has 0 rings (SSSR count). The molecule has 0 saturated heterocycles. The van der Waals surface area contributed by atoms with E-state index in [1.807, 2.05) is 13.8 Å². The molecule has 1 unspecified atom stereocenters. The van der Waals surface area contributed by atoms with E-state index in [4.69, 9.17) is 15.9 Å². The fourth-order valence-corrected chi connectivity index (χ4v) is 0.684. The molecule has 7 heteroatoms. The van der Waals surface area contributed by atoms with Gasteiger partial charge in [0.15, 0.2) is 6.04 Å². The number of carbonyl (C=O) groups is 2. The fraction of sp³-hybridized carbons (Fsp3) is 0.778. The van der Waals surface area contributed by atoms with Gasteiger partial charge in [0.25, 0.3) is 0 Å². The van der Waals surface area contributed by atoms with Gasteiger partial charge in [-0.3, -0.25) is 0 Å². The lowest BCUT2D eigenvalue weighted by Crippen LogP contribution is -2.64. The lowest BCUT2D eigenvalue weighted by molar-refractivity contribution is -0.409. The van der Waals surface area contributed by atoms with Gasteiger partial charge in [-0.05, 0) is 6.42 Å². The maximum absolute atomic E-state index is 10.3. The number of rotatable bonds is 5. The Morgan fingerprint density at radius 2 is 1.81 bits per heavy atom. The Labute approximate surface area is 95.8 Å². The molecule has 2 amide bonds. The van der Waals surface area contributed by atoms with Crippen molar-refractivity contribution >= 4 is 12.0 Å². The van der Waals surface area contributed by atoms with E-state index in [1.54, 1.807) is 0 Å². The van der Waals surface area contributed by atoms with Crippen LogP contribution in [-0.2, 0) is 4.79 Å². The van der Waals surface area contributed by atoms with Crippen LogP contribution in [-0.4, -0.2) is 41.9 Å². The van der Waals surface area contributed by atoms with Crippen molar-refractivity contribution in [2.75, 3.05) is 13.7 Å². The molecule has 0 saturated carbocycles. The number of carboxylic acids is 1. The third-order valence-corrected chi connectivity index (χ3v) is 1.38. The van der Waals surface area contributed by atoms with E-state index in [0.29, 0.717) is 19.4 Å². The Balaban J connectivity index is -0.000000376. The highest BCUT2D eigenvalue weighted by atomic mass is 16.4. The summed E-state index contributed by atoms with van der Waals surface area (Å²) in [6.07, 6.45) is 1.01. The molecule has 0 aromatic carbocycles.